The lowest BCUT2D eigenvalue weighted by molar-refractivity contribution is -0.384. The zero-order valence-corrected chi connectivity index (χ0v) is 13.6. The van der Waals surface area contributed by atoms with Gasteiger partial charge in [0.2, 0.25) is 5.91 Å². The SMILES string of the molecule is Cn1ccc2ccc(Nc3cc4c(cc3[N+](=O)[O-])CCC(=O)N4)cc21. The van der Waals surface area contributed by atoms with E-state index in [1.807, 2.05) is 42.1 Å². The summed E-state index contributed by atoms with van der Waals surface area (Å²) in [5.41, 5.74) is 3.55. The van der Waals surface area contributed by atoms with Crippen LogP contribution in [0.2, 0.25) is 0 Å². The number of nitrogens with one attached hydrogen (secondary N) is 2. The molecule has 126 valence electrons. The van der Waals surface area contributed by atoms with Crippen molar-refractivity contribution >= 4 is 39.6 Å². The number of hydrogen-bond donors (Lipinski definition) is 2. The fourth-order valence-electron chi connectivity index (χ4n) is 3.16. The standard InChI is InChI=1S/C18H16N4O3/c1-21-7-6-11-2-4-13(9-16(11)21)19-15-10-14-12(3-5-18(23)20-14)8-17(15)22(24)25/h2,4,6-10,19H,3,5H2,1H3,(H,20,23). The van der Waals surface area contributed by atoms with Gasteiger partial charge in [-0.05, 0) is 41.6 Å². The van der Waals surface area contributed by atoms with Crippen molar-refractivity contribution in [2.45, 2.75) is 12.8 Å². The molecule has 0 saturated heterocycles. The molecule has 0 unspecified atom stereocenters. The smallest absolute Gasteiger partial charge is 0.293 e. The Labute approximate surface area is 143 Å². The molecule has 0 saturated carbocycles. The lowest BCUT2D eigenvalue weighted by Gasteiger charge is -2.18. The molecule has 0 fully saturated rings. The number of anilines is 3. The summed E-state index contributed by atoms with van der Waals surface area (Å²) in [6.45, 7) is 0. The molecule has 1 amide bonds. The van der Waals surface area contributed by atoms with Crippen LogP contribution in [0.25, 0.3) is 10.9 Å². The van der Waals surface area contributed by atoms with Gasteiger partial charge in [0.1, 0.15) is 5.69 Å². The number of amides is 1. The normalized spacial score (nSPS) is 13.4. The van der Waals surface area contributed by atoms with Gasteiger partial charge in [0, 0.05) is 42.6 Å². The fourth-order valence-corrected chi connectivity index (χ4v) is 3.16. The van der Waals surface area contributed by atoms with Crippen molar-refractivity contribution in [3.05, 3.63) is 58.3 Å². The molecule has 0 atom stereocenters. The van der Waals surface area contributed by atoms with Crippen LogP contribution in [0.3, 0.4) is 0 Å². The Kier molecular flexibility index (Phi) is 3.42. The molecule has 0 radical (unpaired) electrons. The van der Waals surface area contributed by atoms with Crippen molar-refractivity contribution in [1.82, 2.24) is 4.57 Å². The summed E-state index contributed by atoms with van der Waals surface area (Å²) in [4.78, 5) is 22.7. The van der Waals surface area contributed by atoms with Gasteiger partial charge in [-0.1, -0.05) is 6.07 Å². The van der Waals surface area contributed by atoms with Crippen molar-refractivity contribution in [3.63, 3.8) is 0 Å². The molecule has 2 aromatic carbocycles. The number of benzene rings is 2. The highest BCUT2D eigenvalue weighted by molar-refractivity contribution is 5.95. The number of hydrogen-bond acceptors (Lipinski definition) is 4. The van der Waals surface area contributed by atoms with Gasteiger partial charge in [-0.15, -0.1) is 0 Å². The van der Waals surface area contributed by atoms with Crippen molar-refractivity contribution in [3.8, 4) is 0 Å². The molecule has 0 spiro atoms. The molecule has 25 heavy (non-hydrogen) atoms. The largest absolute Gasteiger partial charge is 0.350 e. The van der Waals surface area contributed by atoms with E-state index in [1.165, 1.54) is 6.07 Å². The van der Waals surface area contributed by atoms with E-state index >= 15 is 0 Å². The van der Waals surface area contributed by atoms with Crippen LogP contribution in [0.1, 0.15) is 12.0 Å². The molecule has 1 aliphatic heterocycles. The summed E-state index contributed by atoms with van der Waals surface area (Å²) in [6, 6.07) is 11.0. The van der Waals surface area contributed by atoms with Gasteiger partial charge in [0.15, 0.2) is 0 Å². The van der Waals surface area contributed by atoms with E-state index in [9.17, 15) is 14.9 Å². The van der Waals surface area contributed by atoms with Crippen molar-refractivity contribution in [2.75, 3.05) is 10.6 Å². The number of nitro benzene ring substituents is 1. The van der Waals surface area contributed by atoms with Gasteiger partial charge < -0.3 is 15.2 Å². The third kappa shape index (κ3) is 2.69. The maximum absolute atomic E-state index is 11.6. The van der Waals surface area contributed by atoms with Gasteiger partial charge in [-0.25, -0.2) is 0 Å². The third-order valence-electron chi connectivity index (χ3n) is 4.48. The van der Waals surface area contributed by atoms with Crippen LogP contribution in [0.4, 0.5) is 22.7 Å². The Balaban J connectivity index is 1.77. The van der Waals surface area contributed by atoms with Gasteiger partial charge in [0.05, 0.1) is 4.92 Å². The lowest BCUT2D eigenvalue weighted by atomic mass is 10.0. The first-order valence-electron chi connectivity index (χ1n) is 7.94. The number of nitro groups is 1. The Bertz CT molecular complexity index is 1020. The molecule has 2 N–H and O–H groups in total. The number of rotatable bonds is 3. The first kappa shape index (κ1) is 15.2. The van der Waals surface area contributed by atoms with E-state index in [0.29, 0.717) is 24.2 Å². The zero-order chi connectivity index (χ0) is 17.6. The number of aromatic nitrogens is 1. The third-order valence-corrected chi connectivity index (χ3v) is 4.48. The van der Waals surface area contributed by atoms with Gasteiger partial charge in [-0.3, -0.25) is 14.9 Å². The highest BCUT2D eigenvalue weighted by Crippen LogP contribution is 2.36. The van der Waals surface area contributed by atoms with E-state index in [1.54, 1.807) is 6.07 Å². The summed E-state index contributed by atoms with van der Waals surface area (Å²) in [7, 11) is 1.95. The Hall–Kier alpha value is -3.35. The molecule has 7 heteroatoms. The van der Waals surface area contributed by atoms with E-state index in [-0.39, 0.29) is 11.6 Å². The van der Waals surface area contributed by atoms with Crippen LogP contribution in [0, 0.1) is 10.1 Å². The maximum Gasteiger partial charge on any atom is 0.293 e. The fraction of sp³-hybridized carbons (Fsp3) is 0.167. The van der Waals surface area contributed by atoms with Crippen LogP contribution in [-0.2, 0) is 18.3 Å². The number of carbonyl (C=O) groups excluding carboxylic acids is 1. The molecule has 0 bridgehead atoms. The average molecular weight is 336 g/mol. The minimum absolute atomic E-state index is 0.00174. The number of aryl methyl sites for hydroxylation is 2. The van der Waals surface area contributed by atoms with Gasteiger partial charge in [-0.2, -0.15) is 0 Å². The molecule has 1 aliphatic rings. The predicted octanol–water partition coefficient (Wildman–Crippen LogP) is 3.71. The molecular formula is C18H16N4O3. The summed E-state index contributed by atoms with van der Waals surface area (Å²) < 4.78 is 1.99. The Morgan fingerprint density at radius 1 is 1.20 bits per heavy atom. The van der Waals surface area contributed by atoms with Gasteiger partial charge >= 0.3 is 0 Å². The van der Waals surface area contributed by atoms with Crippen LogP contribution in [0.15, 0.2) is 42.6 Å². The zero-order valence-electron chi connectivity index (χ0n) is 13.6. The van der Waals surface area contributed by atoms with Crippen LogP contribution >= 0.6 is 0 Å². The molecular weight excluding hydrogens is 320 g/mol. The second-order valence-corrected chi connectivity index (χ2v) is 6.16. The molecule has 2 heterocycles. The van der Waals surface area contributed by atoms with Crippen molar-refractivity contribution < 1.29 is 9.72 Å². The quantitative estimate of drug-likeness (QED) is 0.563. The van der Waals surface area contributed by atoms with E-state index in [4.69, 9.17) is 0 Å². The summed E-state index contributed by atoms with van der Waals surface area (Å²) >= 11 is 0. The Morgan fingerprint density at radius 2 is 2.04 bits per heavy atom. The highest BCUT2D eigenvalue weighted by atomic mass is 16.6. The minimum Gasteiger partial charge on any atom is -0.350 e. The monoisotopic (exact) mass is 336 g/mol. The Morgan fingerprint density at radius 3 is 2.84 bits per heavy atom. The first-order chi connectivity index (χ1) is 12.0. The molecule has 1 aromatic heterocycles. The van der Waals surface area contributed by atoms with Crippen molar-refractivity contribution in [2.24, 2.45) is 7.05 Å². The average Bonchev–Trinajstić information content (AvgIpc) is 2.95. The first-order valence-corrected chi connectivity index (χ1v) is 7.94. The predicted molar refractivity (Wildman–Crippen MR) is 96.2 cm³/mol. The molecule has 4 rings (SSSR count). The lowest BCUT2D eigenvalue weighted by Crippen LogP contribution is -2.19. The number of fused-ring (bicyclic) bond motifs is 2. The molecule has 7 nitrogen and oxygen atoms in total. The molecule has 3 aromatic rings. The summed E-state index contributed by atoms with van der Waals surface area (Å²) in [6.07, 6.45) is 2.82. The van der Waals surface area contributed by atoms with Crippen molar-refractivity contribution in [1.29, 1.82) is 0 Å². The van der Waals surface area contributed by atoms with Gasteiger partial charge in [0.25, 0.3) is 5.69 Å². The topological polar surface area (TPSA) is 89.2 Å². The summed E-state index contributed by atoms with van der Waals surface area (Å²) in [5, 5.41) is 18.5. The second kappa shape index (κ2) is 5.62. The van der Waals surface area contributed by atoms with Crippen LogP contribution in [-0.4, -0.2) is 15.4 Å². The second-order valence-electron chi connectivity index (χ2n) is 6.16. The minimum atomic E-state index is -0.403. The van der Waals surface area contributed by atoms with Crippen LogP contribution < -0.4 is 10.6 Å². The molecule has 0 aliphatic carbocycles. The summed E-state index contributed by atoms with van der Waals surface area (Å²) in [5.74, 6) is -0.0717. The van der Waals surface area contributed by atoms with E-state index in [0.717, 1.165) is 22.2 Å². The number of nitrogens with zero attached hydrogens (tertiary/aromatic N) is 2. The highest BCUT2D eigenvalue weighted by Gasteiger charge is 2.22. The maximum atomic E-state index is 11.6. The van der Waals surface area contributed by atoms with Crippen LogP contribution in [0.5, 0.6) is 0 Å². The van der Waals surface area contributed by atoms with E-state index < -0.39 is 4.92 Å². The number of carbonyl (C=O) groups is 1. The van der Waals surface area contributed by atoms with E-state index in [2.05, 4.69) is 10.6 Å².